The molecule has 9 nitrogen and oxygen atoms in total. The predicted octanol–water partition coefficient (Wildman–Crippen LogP) is -2.21. The highest BCUT2D eigenvalue weighted by Gasteiger charge is 2.25. The van der Waals surface area contributed by atoms with E-state index < -0.39 is 46.2 Å². The summed E-state index contributed by atoms with van der Waals surface area (Å²) >= 11 is 0. The van der Waals surface area contributed by atoms with Crippen LogP contribution < -0.4 is 11.1 Å². The van der Waals surface area contributed by atoms with Gasteiger partial charge in [0.15, 0.2) is 0 Å². The third-order valence-electron chi connectivity index (χ3n) is 2.13. The molecule has 0 spiro atoms. The summed E-state index contributed by atoms with van der Waals surface area (Å²) in [7, 11) is -3.29. The first-order chi connectivity index (χ1) is 8.53. The van der Waals surface area contributed by atoms with Crippen LogP contribution in [0.5, 0.6) is 0 Å². The predicted molar refractivity (Wildman–Crippen MR) is 64.1 cm³/mol. The van der Waals surface area contributed by atoms with E-state index in [4.69, 9.17) is 15.9 Å². The highest BCUT2D eigenvalue weighted by molar-refractivity contribution is 7.90. The first kappa shape index (κ1) is 17.3. The molecule has 0 aliphatic heterocycles. The molecule has 0 aromatic heterocycles. The fraction of sp³-hybridized carbons (Fsp3) is 0.667. The molecule has 2 atom stereocenters. The summed E-state index contributed by atoms with van der Waals surface area (Å²) in [5, 5.41) is 19.1. The van der Waals surface area contributed by atoms with Crippen molar-refractivity contribution in [3.05, 3.63) is 0 Å². The van der Waals surface area contributed by atoms with E-state index in [1.54, 1.807) is 0 Å². The van der Waals surface area contributed by atoms with Gasteiger partial charge in [-0.1, -0.05) is 0 Å². The van der Waals surface area contributed by atoms with Crippen molar-refractivity contribution in [2.24, 2.45) is 5.73 Å². The fourth-order valence-corrected chi connectivity index (χ4v) is 1.81. The summed E-state index contributed by atoms with van der Waals surface area (Å²) in [6.07, 6.45) is 0.00600. The molecule has 0 saturated carbocycles. The molecule has 1 amide bonds. The number of carboxylic acids is 2. The van der Waals surface area contributed by atoms with Crippen LogP contribution in [0.4, 0.5) is 0 Å². The van der Waals surface area contributed by atoms with Gasteiger partial charge in [0.25, 0.3) is 0 Å². The fourth-order valence-electron chi connectivity index (χ4n) is 1.13. The van der Waals surface area contributed by atoms with Crippen LogP contribution >= 0.6 is 0 Å². The van der Waals surface area contributed by atoms with Crippen LogP contribution in [0.15, 0.2) is 0 Å². The molecule has 2 unspecified atom stereocenters. The second kappa shape index (κ2) is 7.04. The Morgan fingerprint density at radius 1 is 1.26 bits per heavy atom. The smallest absolute Gasteiger partial charge is 0.326 e. The third-order valence-corrected chi connectivity index (χ3v) is 3.11. The van der Waals surface area contributed by atoms with Crippen molar-refractivity contribution < 1.29 is 33.0 Å². The number of nitrogens with one attached hydrogen (secondary N) is 1. The van der Waals surface area contributed by atoms with Crippen LogP contribution in [0.2, 0.25) is 0 Å². The number of amides is 1. The van der Waals surface area contributed by atoms with Crippen LogP contribution in [0.1, 0.15) is 12.8 Å². The molecule has 0 bridgehead atoms. The zero-order valence-corrected chi connectivity index (χ0v) is 11.0. The molecule has 0 aromatic carbocycles. The third kappa shape index (κ3) is 8.11. The Morgan fingerprint density at radius 3 is 2.16 bits per heavy atom. The van der Waals surface area contributed by atoms with Gasteiger partial charge >= 0.3 is 11.9 Å². The summed E-state index contributed by atoms with van der Waals surface area (Å²) in [6, 6.07) is -2.82. The zero-order chi connectivity index (χ0) is 15.2. The number of nitrogens with two attached hydrogens (primary N) is 1. The number of sulfone groups is 1. The van der Waals surface area contributed by atoms with E-state index in [1.165, 1.54) is 0 Å². The van der Waals surface area contributed by atoms with Crippen LogP contribution in [-0.4, -0.2) is 60.6 Å². The summed E-state index contributed by atoms with van der Waals surface area (Å²) in [5.74, 6) is -4.13. The Labute approximate surface area is 109 Å². The van der Waals surface area contributed by atoms with E-state index in [0.717, 1.165) is 6.26 Å². The van der Waals surface area contributed by atoms with E-state index in [0.29, 0.717) is 0 Å². The molecule has 0 aliphatic rings. The Balaban J connectivity index is 4.47. The van der Waals surface area contributed by atoms with Crippen molar-refractivity contribution >= 4 is 27.7 Å². The molecule has 10 heteroatoms. The maximum atomic E-state index is 11.5. The van der Waals surface area contributed by atoms with Gasteiger partial charge < -0.3 is 21.3 Å². The minimum Gasteiger partial charge on any atom is -0.481 e. The summed E-state index contributed by atoms with van der Waals surface area (Å²) < 4.78 is 21.8. The highest BCUT2D eigenvalue weighted by Crippen LogP contribution is 1.98. The first-order valence-electron chi connectivity index (χ1n) is 5.21. The molecule has 0 aliphatic carbocycles. The van der Waals surface area contributed by atoms with Crippen LogP contribution in [0, 0.1) is 0 Å². The lowest BCUT2D eigenvalue weighted by Gasteiger charge is -2.16. The summed E-state index contributed by atoms with van der Waals surface area (Å²) in [6.45, 7) is 0. The number of carbonyl (C=O) groups excluding carboxylic acids is 1. The number of hydrogen-bond acceptors (Lipinski definition) is 6. The molecule has 0 heterocycles. The molecule has 5 N–H and O–H groups in total. The molecule has 19 heavy (non-hydrogen) atoms. The monoisotopic (exact) mass is 296 g/mol. The van der Waals surface area contributed by atoms with E-state index >= 15 is 0 Å². The minimum absolute atomic E-state index is 0.177. The van der Waals surface area contributed by atoms with Gasteiger partial charge in [0.2, 0.25) is 5.91 Å². The second-order valence-electron chi connectivity index (χ2n) is 4.02. The minimum atomic E-state index is -3.29. The number of rotatable bonds is 8. The summed E-state index contributed by atoms with van der Waals surface area (Å²) in [4.78, 5) is 32.6. The molecule has 0 aromatic rings. The molecular formula is C9H16N2O7S. The van der Waals surface area contributed by atoms with Gasteiger partial charge in [-0.05, 0) is 6.42 Å². The molecule has 0 saturated heterocycles. The molecule has 0 rings (SSSR count). The van der Waals surface area contributed by atoms with Gasteiger partial charge in [-0.15, -0.1) is 0 Å². The SMILES string of the molecule is CS(=O)(=O)CCC(N)C(=O)NC(CC(=O)O)C(=O)O. The van der Waals surface area contributed by atoms with E-state index in [-0.39, 0.29) is 12.2 Å². The van der Waals surface area contributed by atoms with E-state index in [9.17, 15) is 22.8 Å². The number of carbonyl (C=O) groups is 3. The highest BCUT2D eigenvalue weighted by atomic mass is 32.2. The Morgan fingerprint density at radius 2 is 1.79 bits per heavy atom. The van der Waals surface area contributed by atoms with Crippen LogP contribution in [-0.2, 0) is 24.2 Å². The van der Waals surface area contributed by atoms with Gasteiger partial charge in [0.05, 0.1) is 18.2 Å². The molecule has 0 fully saturated rings. The van der Waals surface area contributed by atoms with Crippen molar-refractivity contribution in [3.8, 4) is 0 Å². The Bertz CT molecular complexity index is 459. The van der Waals surface area contributed by atoms with Gasteiger partial charge in [-0.25, -0.2) is 13.2 Å². The number of carboxylic acid groups (broad SMARTS) is 2. The quantitative estimate of drug-likeness (QED) is 0.391. The largest absolute Gasteiger partial charge is 0.481 e. The topological polar surface area (TPSA) is 164 Å². The molecular weight excluding hydrogens is 280 g/mol. The van der Waals surface area contributed by atoms with Crippen molar-refractivity contribution in [3.63, 3.8) is 0 Å². The van der Waals surface area contributed by atoms with Gasteiger partial charge in [0, 0.05) is 6.26 Å². The number of aliphatic carboxylic acids is 2. The van der Waals surface area contributed by atoms with E-state index in [1.807, 2.05) is 5.32 Å². The summed E-state index contributed by atoms with van der Waals surface area (Å²) in [5.41, 5.74) is 5.39. The maximum Gasteiger partial charge on any atom is 0.326 e. The normalized spacial score (nSPS) is 14.4. The van der Waals surface area contributed by atoms with Crippen molar-refractivity contribution in [1.82, 2.24) is 5.32 Å². The van der Waals surface area contributed by atoms with E-state index in [2.05, 4.69) is 0 Å². The number of hydrogen-bond donors (Lipinski definition) is 4. The lowest BCUT2D eigenvalue weighted by Crippen LogP contribution is -2.49. The zero-order valence-electron chi connectivity index (χ0n) is 10.2. The average Bonchev–Trinajstić information content (AvgIpc) is 2.22. The van der Waals surface area contributed by atoms with Gasteiger partial charge in [-0.2, -0.15) is 0 Å². The molecule has 0 radical (unpaired) electrons. The Hall–Kier alpha value is -1.68. The molecule has 110 valence electrons. The Kier molecular flexibility index (Phi) is 6.42. The maximum absolute atomic E-state index is 11.5. The average molecular weight is 296 g/mol. The standard InChI is InChI=1S/C9H16N2O7S/c1-19(17,18)3-2-5(10)8(14)11-6(9(15)16)4-7(12)13/h5-6H,2-4,10H2,1H3,(H,11,14)(H,12,13)(H,15,16). The first-order valence-corrected chi connectivity index (χ1v) is 7.27. The van der Waals surface area contributed by atoms with Crippen molar-refractivity contribution in [2.75, 3.05) is 12.0 Å². The van der Waals surface area contributed by atoms with Crippen molar-refractivity contribution in [1.29, 1.82) is 0 Å². The van der Waals surface area contributed by atoms with Crippen molar-refractivity contribution in [2.45, 2.75) is 24.9 Å². The van der Waals surface area contributed by atoms with Crippen LogP contribution in [0.3, 0.4) is 0 Å². The lowest BCUT2D eigenvalue weighted by atomic mass is 10.1. The van der Waals surface area contributed by atoms with Gasteiger partial charge in [-0.3, -0.25) is 9.59 Å². The van der Waals surface area contributed by atoms with Crippen LogP contribution in [0.25, 0.3) is 0 Å². The lowest BCUT2D eigenvalue weighted by molar-refractivity contribution is -0.147. The second-order valence-corrected chi connectivity index (χ2v) is 6.28. The van der Waals surface area contributed by atoms with Gasteiger partial charge in [0.1, 0.15) is 15.9 Å².